The third-order valence-corrected chi connectivity index (χ3v) is 4.29. The van der Waals surface area contributed by atoms with Gasteiger partial charge in [0, 0.05) is 16.1 Å². The number of benzene rings is 1. The fourth-order valence-electron chi connectivity index (χ4n) is 2.55. The average Bonchev–Trinajstić information content (AvgIpc) is 2.82. The molecule has 1 aliphatic carbocycles. The zero-order valence-electron chi connectivity index (χ0n) is 10.7. The molecule has 6 heteroatoms. The number of carbonyl (C=O) groups excluding carboxylic acids is 1. The van der Waals surface area contributed by atoms with E-state index in [9.17, 15) is 9.59 Å². The van der Waals surface area contributed by atoms with Gasteiger partial charge in [-0.2, -0.15) is 0 Å². The Balaban J connectivity index is 2.01. The molecule has 1 aromatic carbocycles. The normalized spacial score (nSPS) is 21.7. The Bertz CT molecular complexity index is 513. The number of carbonyl (C=O) groups is 2. The van der Waals surface area contributed by atoms with Gasteiger partial charge in [0.1, 0.15) is 0 Å². The van der Waals surface area contributed by atoms with E-state index >= 15 is 0 Å². The van der Waals surface area contributed by atoms with Gasteiger partial charge in [0.25, 0.3) is 0 Å². The van der Waals surface area contributed by atoms with Crippen LogP contribution in [0.25, 0.3) is 0 Å². The molecular weight excluding hydrogens is 301 g/mol. The first-order valence-corrected chi connectivity index (χ1v) is 7.19. The van der Waals surface area contributed by atoms with Gasteiger partial charge in [-0.15, -0.1) is 0 Å². The van der Waals surface area contributed by atoms with Gasteiger partial charge in [0.05, 0.1) is 12.3 Å². The quantitative estimate of drug-likeness (QED) is 0.897. The lowest BCUT2D eigenvalue weighted by atomic mass is 10.0. The lowest BCUT2D eigenvalue weighted by molar-refractivity contribution is -0.142. The number of rotatable bonds is 4. The van der Waals surface area contributed by atoms with Gasteiger partial charge in [-0.1, -0.05) is 35.7 Å². The summed E-state index contributed by atoms with van der Waals surface area (Å²) in [5.41, 5.74) is 0.568. The minimum Gasteiger partial charge on any atom is -0.481 e. The molecule has 1 fully saturated rings. The molecule has 0 heterocycles. The molecule has 2 N–H and O–H groups in total. The fourth-order valence-corrected chi connectivity index (χ4v) is 3.08. The molecule has 0 aromatic heterocycles. The highest BCUT2D eigenvalue weighted by molar-refractivity contribution is 6.36. The molecule has 20 heavy (non-hydrogen) atoms. The number of halogens is 2. The lowest BCUT2D eigenvalue weighted by Crippen LogP contribution is -2.40. The third kappa shape index (κ3) is 3.44. The second-order valence-corrected chi connectivity index (χ2v) is 5.74. The van der Waals surface area contributed by atoms with E-state index < -0.39 is 11.9 Å². The van der Waals surface area contributed by atoms with E-state index in [4.69, 9.17) is 28.3 Å². The zero-order chi connectivity index (χ0) is 14.7. The molecular formula is C14H15Cl2NO3. The highest BCUT2D eigenvalue weighted by Gasteiger charge is 2.33. The summed E-state index contributed by atoms with van der Waals surface area (Å²) in [6.45, 7) is 0. The molecule has 108 valence electrons. The van der Waals surface area contributed by atoms with Crippen molar-refractivity contribution in [1.82, 2.24) is 5.32 Å². The number of nitrogens with one attached hydrogen (secondary N) is 1. The van der Waals surface area contributed by atoms with Crippen LogP contribution < -0.4 is 5.32 Å². The van der Waals surface area contributed by atoms with E-state index in [2.05, 4.69) is 5.32 Å². The van der Waals surface area contributed by atoms with Gasteiger partial charge in [-0.05, 0) is 30.5 Å². The number of hydrogen-bond donors (Lipinski definition) is 2. The van der Waals surface area contributed by atoms with E-state index in [1.54, 1.807) is 18.2 Å². The molecule has 2 rings (SSSR count). The van der Waals surface area contributed by atoms with Crippen LogP contribution in [0.4, 0.5) is 0 Å². The zero-order valence-corrected chi connectivity index (χ0v) is 12.2. The Morgan fingerprint density at radius 3 is 2.50 bits per heavy atom. The Kier molecular flexibility index (Phi) is 4.89. The Morgan fingerprint density at radius 1 is 1.25 bits per heavy atom. The van der Waals surface area contributed by atoms with Gasteiger partial charge < -0.3 is 10.4 Å². The van der Waals surface area contributed by atoms with Crippen LogP contribution in [0.15, 0.2) is 18.2 Å². The second-order valence-electron chi connectivity index (χ2n) is 4.93. The largest absolute Gasteiger partial charge is 0.481 e. The van der Waals surface area contributed by atoms with Crippen LogP contribution >= 0.6 is 23.2 Å². The van der Waals surface area contributed by atoms with E-state index in [-0.39, 0.29) is 18.4 Å². The number of amides is 1. The van der Waals surface area contributed by atoms with Gasteiger partial charge in [0.2, 0.25) is 5.91 Å². The van der Waals surface area contributed by atoms with Crippen LogP contribution in [0.1, 0.15) is 24.8 Å². The first-order chi connectivity index (χ1) is 9.49. The van der Waals surface area contributed by atoms with Crippen LogP contribution in [0.2, 0.25) is 10.0 Å². The highest BCUT2D eigenvalue weighted by atomic mass is 35.5. The van der Waals surface area contributed by atoms with E-state index in [0.717, 1.165) is 6.42 Å². The minimum absolute atomic E-state index is 0.0569. The van der Waals surface area contributed by atoms with E-state index in [1.165, 1.54) is 0 Å². The lowest BCUT2D eigenvalue weighted by Gasteiger charge is -2.18. The summed E-state index contributed by atoms with van der Waals surface area (Å²) in [5.74, 6) is -1.61. The van der Waals surface area contributed by atoms with Crippen molar-refractivity contribution in [1.29, 1.82) is 0 Å². The molecule has 0 bridgehead atoms. The number of aliphatic carboxylic acids is 1. The maximum atomic E-state index is 12.0. The number of carboxylic acids is 1. The second kappa shape index (κ2) is 6.46. The van der Waals surface area contributed by atoms with Crippen LogP contribution in [-0.2, 0) is 16.0 Å². The fraction of sp³-hybridized carbons (Fsp3) is 0.429. The maximum Gasteiger partial charge on any atom is 0.308 e. The molecule has 1 aliphatic rings. The van der Waals surface area contributed by atoms with E-state index in [1.807, 2.05) is 0 Å². The first kappa shape index (κ1) is 15.1. The molecule has 0 spiro atoms. The summed E-state index contributed by atoms with van der Waals surface area (Å²) in [5, 5.41) is 12.7. The summed E-state index contributed by atoms with van der Waals surface area (Å²) in [4.78, 5) is 23.1. The smallest absolute Gasteiger partial charge is 0.308 e. The van der Waals surface area contributed by atoms with Crippen molar-refractivity contribution >= 4 is 35.1 Å². The predicted molar refractivity (Wildman–Crippen MR) is 77.1 cm³/mol. The molecule has 2 atom stereocenters. The van der Waals surface area contributed by atoms with Gasteiger partial charge >= 0.3 is 5.97 Å². The third-order valence-electron chi connectivity index (χ3n) is 3.58. The van der Waals surface area contributed by atoms with Crippen LogP contribution in [0.3, 0.4) is 0 Å². The molecule has 1 amide bonds. The summed E-state index contributed by atoms with van der Waals surface area (Å²) in [7, 11) is 0. The molecule has 0 aliphatic heterocycles. The van der Waals surface area contributed by atoms with Crippen LogP contribution in [-0.4, -0.2) is 23.0 Å². The standard InChI is InChI=1S/C14H15Cl2NO3/c15-10-4-2-5-11(16)9(10)7-13(18)17-12-6-1-3-8(12)14(19)20/h2,4-5,8,12H,1,3,6-7H2,(H,17,18)(H,19,20)/t8-,12+/m1/s1. The Morgan fingerprint density at radius 2 is 1.90 bits per heavy atom. The van der Waals surface area contributed by atoms with Crippen molar-refractivity contribution in [2.45, 2.75) is 31.7 Å². The summed E-state index contributed by atoms with van der Waals surface area (Å²) in [6, 6.07) is 4.75. The maximum absolute atomic E-state index is 12.0. The Hall–Kier alpha value is -1.26. The van der Waals surface area contributed by atoms with Crippen LogP contribution in [0, 0.1) is 5.92 Å². The topological polar surface area (TPSA) is 66.4 Å². The monoisotopic (exact) mass is 315 g/mol. The molecule has 1 saturated carbocycles. The van der Waals surface area contributed by atoms with E-state index in [0.29, 0.717) is 28.5 Å². The number of carboxylic acid groups (broad SMARTS) is 1. The SMILES string of the molecule is O=C(Cc1c(Cl)cccc1Cl)N[C@H]1CCC[C@H]1C(=O)O. The van der Waals surface area contributed by atoms with Gasteiger partial charge in [-0.3, -0.25) is 9.59 Å². The summed E-state index contributed by atoms with van der Waals surface area (Å²) >= 11 is 12.0. The van der Waals surface area contributed by atoms with Crippen molar-refractivity contribution in [3.63, 3.8) is 0 Å². The molecule has 0 unspecified atom stereocenters. The summed E-state index contributed by atoms with van der Waals surface area (Å²) < 4.78 is 0. The van der Waals surface area contributed by atoms with Gasteiger partial charge in [0.15, 0.2) is 0 Å². The molecule has 4 nitrogen and oxygen atoms in total. The molecule has 1 aromatic rings. The molecule has 0 saturated heterocycles. The van der Waals surface area contributed by atoms with Crippen molar-refractivity contribution < 1.29 is 14.7 Å². The minimum atomic E-state index is -0.858. The van der Waals surface area contributed by atoms with Crippen molar-refractivity contribution in [2.75, 3.05) is 0 Å². The predicted octanol–water partition coefficient (Wildman–Crippen LogP) is 2.91. The average molecular weight is 316 g/mol. The van der Waals surface area contributed by atoms with Crippen molar-refractivity contribution in [2.24, 2.45) is 5.92 Å². The number of hydrogen-bond acceptors (Lipinski definition) is 2. The van der Waals surface area contributed by atoms with Crippen LogP contribution in [0.5, 0.6) is 0 Å². The summed E-state index contributed by atoms with van der Waals surface area (Å²) in [6.07, 6.45) is 2.17. The Labute approximate surface area is 127 Å². The molecule has 0 radical (unpaired) electrons. The highest BCUT2D eigenvalue weighted by Crippen LogP contribution is 2.27. The van der Waals surface area contributed by atoms with Crippen molar-refractivity contribution in [3.8, 4) is 0 Å². The van der Waals surface area contributed by atoms with Gasteiger partial charge in [-0.25, -0.2) is 0 Å². The van der Waals surface area contributed by atoms with Crippen molar-refractivity contribution in [3.05, 3.63) is 33.8 Å². The first-order valence-electron chi connectivity index (χ1n) is 6.44.